The Balaban J connectivity index is 0.00000133. The molecule has 3 rings (SSSR count). The summed E-state index contributed by atoms with van der Waals surface area (Å²) in [7, 11) is 0. The molecule has 19 heavy (non-hydrogen) atoms. The van der Waals surface area contributed by atoms with Crippen molar-refractivity contribution in [3.63, 3.8) is 0 Å². The van der Waals surface area contributed by atoms with Crippen molar-refractivity contribution in [2.75, 3.05) is 0 Å². The Morgan fingerprint density at radius 2 is 1.16 bits per heavy atom. The molecule has 95 valence electrons. The monoisotopic (exact) mass is 424 g/mol. The van der Waals surface area contributed by atoms with Gasteiger partial charge in [-0.1, -0.05) is 60.7 Å². The molecule has 0 saturated heterocycles. The van der Waals surface area contributed by atoms with Gasteiger partial charge in [-0.15, -0.1) is 0 Å². The Morgan fingerprint density at radius 1 is 0.579 bits per heavy atom. The first-order valence-electron chi connectivity index (χ1n) is 6.00. The van der Waals surface area contributed by atoms with Gasteiger partial charge in [-0.2, -0.15) is 0 Å². The molecule has 0 aliphatic carbocycles. The van der Waals surface area contributed by atoms with Gasteiger partial charge in [0, 0.05) is 31.9 Å². The number of hydrogen-bond acceptors (Lipinski definition) is 1. The van der Waals surface area contributed by atoms with Gasteiger partial charge in [0.25, 0.3) is 0 Å². The van der Waals surface area contributed by atoms with Crippen LogP contribution in [0.4, 0.5) is 0 Å². The quantitative estimate of drug-likeness (QED) is 0.595. The molecule has 0 amide bonds. The van der Waals surface area contributed by atoms with E-state index in [0.717, 1.165) is 11.3 Å². The minimum absolute atomic E-state index is 0. The van der Waals surface area contributed by atoms with E-state index in [9.17, 15) is 0 Å². The molecule has 1 heterocycles. The topological polar surface area (TPSA) is 12.9 Å². The zero-order valence-electron chi connectivity index (χ0n) is 10.3. The number of aromatic nitrogens is 1. The van der Waals surface area contributed by atoms with Crippen molar-refractivity contribution in [1.82, 2.24) is 4.98 Å². The molecule has 0 aliphatic heterocycles. The van der Waals surface area contributed by atoms with Gasteiger partial charge in [-0.25, -0.2) is 0 Å². The van der Waals surface area contributed by atoms with Gasteiger partial charge in [0.05, 0.1) is 5.69 Å². The maximum atomic E-state index is 4.44. The second kappa shape index (κ2) is 6.42. The van der Waals surface area contributed by atoms with E-state index in [0.29, 0.717) is 0 Å². The minimum Gasteiger partial charge on any atom is -0.256 e. The van der Waals surface area contributed by atoms with Crippen LogP contribution in [0.3, 0.4) is 0 Å². The van der Waals surface area contributed by atoms with Crippen molar-refractivity contribution in [2.24, 2.45) is 0 Å². The minimum atomic E-state index is 0. The van der Waals surface area contributed by atoms with E-state index in [1.54, 1.807) is 0 Å². The van der Waals surface area contributed by atoms with Gasteiger partial charge in [0.15, 0.2) is 0 Å². The van der Waals surface area contributed by atoms with E-state index in [4.69, 9.17) is 0 Å². The van der Waals surface area contributed by atoms with Crippen LogP contribution in [0.25, 0.3) is 22.4 Å². The summed E-state index contributed by atoms with van der Waals surface area (Å²) >= 11 is 0. The second-order valence-electron chi connectivity index (χ2n) is 4.16. The van der Waals surface area contributed by atoms with Gasteiger partial charge < -0.3 is 0 Å². The first-order valence-corrected chi connectivity index (χ1v) is 6.00. The maximum Gasteiger partial charge on any atom is 0.0708 e. The molecular formula is C17H13IrN. The number of benzene rings is 2. The van der Waals surface area contributed by atoms with E-state index in [2.05, 4.69) is 47.4 Å². The Labute approximate surface area is 126 Å². The van der Waals surface area contributed by atoms with E-state index >= 15 is 0 Å². The molecule has 0 N–H and O–H groups in total. The third-order valence-electron chi connectivity index (χ3n) is 2.94. The summed E-state index contributed by atoms with van der Waals surface area (Å²) in [6.07, 6.45) is 1.87. The summed E-state index contributed by atoms with van der Waals surface area (Å²) < 4.78 is 0. The smallest absolute Gasteiger partial charge is 0.0708 e. The van der Waals surface area contributed by atoms with E-state index < -0.39 is 0 Å². The zero-order valence-corrected chi connectivity index (χ0v) is 12.7. The zero-order chi connectivity index (χ0) is 12.2. The molecule has 0 unspecified atom stereocenters. The Bertz CT molecular complexity index is 581. The van der Waals surface area contributed by atoms with E-state index in [1.807, 2.05) is 36.5 Å². The molecule has 1 aromatic heterocycles. The molecular weight excluding hydrogens is 410 g/mol. The summed E-state index contributed by atoms with van der Waals surface area (Å²) in [6, 6.07) is 24.8. The van der Waals surface area contributed by atoms with Gasteiger partial charge in [0.2, 0.25) is 0 Å². The van der Waals surface area contributed by atoms with Crippen molar-refractivity contribution in [3.8, 4) is 22.4 Å². The average Bonchev–Trinajstić information content (AvgIpc) is 2.49. The molecule has 0 fully saturated rings. The summed E-state index contributed by atoms with van der Waals surface area (Å²) in [5.41, 5.74) is 4.58. The maximum absolute atomic E-state index is 4.44. The number of rotatable bonds is 2. The molecule has 0 bridgehead atoms. The van der Waals surface area contributed by atoms with Crippen molar-refractivity contribution in [3.05, 3.63) is 79.0 Å². The fourth-order valence-corrected chi connectivity index (χ4v) is 2.01. The molecule has 0 atom stereocenters. The fraction of sp³-hybridized carbons (Fsp3) is 0. The second-order valence-corrected chi connectivity index (χ2v) is 4.16. The first kappa shape index (κ1) is 13.7. The van der Waals surface area contributed by atoms with Gasteiger partial charge in [0.1, 0.15) is 0 Å². The predicted molar refractivity (Wildman–Crippen MR) is 75.1 cm³/mol. The fourth-order valence-electron chi connectivity index (χ4n) is 2.01. The van der Waals surface area contributed by atoms with Crippen molar-refractivity contribution in [2.45, 2.75) is 0 Å². The van der Waals surface area contributed by atoms with Crippen molar-refractivity contribution in [1.29, 1.82) is 0 Å². The first-order chi connectivity index (χ1) is 8.93. The van der Waals surface area contributed by atoms with E-state index in [-0.39, 0.29) is 20.1 Å². The van der Waals surface area contributed by atoms with Gasteiger partial charge in [-0.3, -0.25) is 4.98 Å². The molecule has 2 aromatic carbocycles. The van der Waals surface area contributed by atoms with Crippen LogP contribution in [0.2, 0.25) is 0 Å². The van der Waals surface area contributed by atoms with Crippen LogP contribution in [0.5, 0.6) is 0 Å². The van der Waals surface area contributed by atoms with Crippen LogP contribution in [0.15, 0.2) is 79.0 Å². The molecule has 0 saturated carbocycles. The summed E-state index contributed by atoms with van der Waals surface area (Å²) in [4.78, 5) is 4.44. The van der Waals surface area contributed by atoms with Crippen LogP contribution in [-0.4, -0.2) is 4.98 Å². The van der Waals surface area contributed by atoms with E-state index in [1.165, 1.54) is 11.1 Å². The molecule has 2 heteroatoms. The predicted octanol–water partition coefficient (Wildman–Crippen LogP) is 4.41. The van der Waals surface area contributed by atoms with Crippen LogP contribution >= 0.6 is 0 Å². The van der Waals surface area contributed by atoms with Crippen LogP contribution in [0.1, 0.15) is 0 Å². The number of pyridine rings is 1. The third kappa shape index (κ3) is 3.17. The number of nitrogens with zero attached hydrogens (tertiary/aromatic N) is 1. The van der Waals surface area contributed by atoms with Crippen LogP contribution in [-0.2, 0) is 20.1 Å². The van der Waals surface area contributed by atoms with Crippen molar-refractivity contribution >= 4 is 0 Å². The average molecular weight is 424 g/mol. The van der Waals surface area contributed by atoms with Crippen LogP contribution in [0, 0.1) is 0 Å². The largest absolute Gasteiger partial charge is 0.256 e. The molecule has 3 aromatic rings. The molecule has 1 nitrogen and oxygen atoms in total. The summed E-state index contributed by atoms with van der Waals surface area (Å²) in [6.45, 7) is 0. The molecule has 0 aliphatic rings. The number of hydrogen-bond donors (Lipinski definition) is 0. The normalized spacial score (nSPS) is 9.68. The van der Waals surface area contributed by atoms with Crippen molar-refractivity contribution < 1.29 is 20.1 Å². The molecule has 0 spiro atoms. The Morgan fingerprint density at radius 3 is 1.79 bits per heavy atom. The SMILES string of the molecule is [Ir].c1ccc(-c2ccnc(-c3ccccc3)c2)cc1. The Kier molecular flexibility index (Phi) is 4.62. The van der Waals surface area contributed by atoms with Crippen LogP contribution < -0.4 is 0 Å². The summed E-state index contributed by atoms with van der Waals surface area (Å²) in [5.74, 6) is 0. The standard InChI is InChI=1S/C17H13N.Ir/c1-3-7-14(8-4-1)16-11-12-18-17(13-16)15-9-5-2-6-10-15;/h1-13H;. The Hall–Kier alpha value is -1.76. The third-order valence-corrected chi connectivity index (χ3v) is 2.94. The van der Waals surface area contributed by atoms with Gasteiger partial charge >= 0.3 is 0 Å². The van der Waals surface area contributed by atoms with Gasteiger partial charge in [-0.05, 0) is 23.3 Å². The summed E-state index contributed by atoms with van der Waals surface area (Å²) in [5, 5.41) is 0. The molecule has 1 radical (unpaired) electrons.